The lowest BCUT2D eigenvalue weighted by molar-refractivity contribution is -0.122. The molecule has 1 rings (SSSR count). The van der Waals surface area contributed by atoms with Crippen LogP contribution in [0.1, 0.15) is 33.1 Å². The Labute approximate surface area is 127 Å². The Morgan fingerprint density at radius 3 is 2.40 bits per heavy atom. The summed E-state index contributed by atoms with van der Waals surface area (Å²) >= 11 is 5.17. The van der Waals surface area contributed by atoms with Gasteiger partial charge >= 0.3 is 0 Å². The lowest BCUT2D eigenvalue weighted by Gasteiger charge is -2.38. The van der Waals surface area contributed by atoms with Gasteiger partial charge in [-0.15, -0.1) is 0 Å². The second-order valence-corrected chi connectivity index (χ2v) is 5.84. The molecule has 1 amide bonds. The van der Waals surface area contributed by atoms with Gasteiger partial charge in [-0.3, -0.25) is 14.6 Å². The first-order valence-corrected chi connectivity index (χ1v) is 8.01. The van der Waals surface area contributed by atoms with Gasteiger partial charge in [0.05, 0.1) is 17.6 Å². The maximum Gasteiger partial charge on any atom is 0.234 e. The highest BCUT2D eigenvalue weighted by atomic mass is 32.1. The molecule has 20 heavy (non-hydrogen) atoms. The second-order valence-electron chi connectivity index (χ2n) is 5.37. The minimum Gasteiger partial charge on any atom is -0.392 e. The summed E-state index contributed by atoms with van der Waals surface area (Å²) in [5.41, 5.74) is 5.84. The first kappa shape index (κ1) is 17.3. The third kappa shape index (κ3) is 5.73. The fourth-order valence-electron chi connectivity index (χ4n) is 2.53. The molecule has 1 atom stereocenters. The minimum absolute atomic E-state index is 0.125. The van der Waals surface area contributed by atoms with E-state index in [0.717, 1.165) is 52.0 Å². The Morgan fingerprint density at radius 1 is 1.25 bits per heavy atom. The predicted molar refractivity (Wildman–Crippen MR) is 86.8 cm³/mol. The molecule has 5 nitrogen and oxygen atoms in total. The Morgan fingerprint density at radius 2 is 1.90 bits per heavy atom. The van der Waals surface area contributed by atoms with Crippen LogP contribution in [-0.4, -0.2) is 66.0 Å². The zero-order valence-corrected chi connectivity index (χ0v) is 13.5. The van der Waals surface area contributed by atoms with Gasteiger partial charge in [-0.2, -0.15) is 0 Å². The van der Waals surface area contributed by atoms with Crippen molar-refractivity contribution >= 4 is 23.1 Å². The van der Waals surface area contributed by atoms with Crippen molar-refractivity contribution in [2.75, 3.05) is 39.3 Å². The molecule has 1 fully saturated rings. The minimum atomic E-state index is 0.125. The Hall–Kier alpha value is -0.720. The van der Waals surface area contributed by atoms with Gasteiger partial charge in [0.15, 0.2) is 0 Å². The van der Waals surface area contributed by atoms with Gasteiger partial charge in [0.25, 0.3) is 0 Å². The number of piperazine rings is 1. The molecular formula is C14H28N4OS. The predicted octanol–water partition coefficient (Wildman–Crippen LogP) is 0.585. The van der Waals surface area contributed by atoms with Gasteiger partial charge in [-0.25, -0.2) is 0 Å². The maximum atomic E-state index is 11.7. The number of nitrogens with zero attached hydrogens (tertiary/aromatic N) is 2. The summed E-state index contributed by atoms with van der Waals surface area (Å²) in [6.07, 6.45) is 3.08. The summed E-state index contributed by atoms with van der Waals surface area (Å²) in [7, 11) is 0. The highest BCUT2D eigenvalue weighted by Crippen LogP contribution is 2.11. The van der Waals surface area contributed by atoms with Crippen molar-refractivity contribution in [1.82, 2.24) is 15.1 Å². The van der Waals surface area contributed by atoms with E-state index in [0.29, 0.717) is 11.5 Å². The van der Waals surface area contributed by atoms with Crippen LogP contribution in [0.15, 0.2) is 0 Å². The lowest BCUT2D eigenvalue weighted by atomic mass is 10.1. The van der Waals surface area contributed by atoms with Crippen molar-refractivity contribution < 1.29 is 4.79 Å². The molecule has 1 heterocycles. The highest BCUT2D eigenvalue weighted by Gasteiger charge is 2.25. The Balaban J connectivity index is 2.35. The molecule has 1 saturated heterocycles. The summed E-state index contributed by atoms with van der Waals surface area (Å²) in [5.74, 6) is 0.125. The molecule has 0 aromatic heterocycles. The van der Waals surface area contributed by atoms with Gasteiger partial charge in [-0.1, -0.05) is 32.5 Å². The van der Waals surface area contributed by atoms with E-state index in [2.05, 4.69) is 29.0 Å². The number of rotatable bonds is 8. The number of carbonyl (C=O) groups is 1. The fraction of sp³-hybridized carbons (Fsp3) is 0.857. The van der Waals surface area contributed by atoms with Crippen LogP contribution in [-0.2, 0) is 4.79 Å². The fourth-order valence-corrected chi connectivity index (χ4v) is 2.80. The van der Waals surface area contributed by atoms with Crippen molar-refractivity contribution in [3.8, 4) is 0 Å². The van der Waals surface area contributed by atoms with Crippen molar-refractivity contribution in [1.29, 1.82) is 0 Å². The maximum absolute atomic E-state index is 11.7. The zero-order chi connectivity index (χ0) is 15.0. The monoisotopic (exact) mass is 300 g/mol. The van der Waals surface area contributed by atoms with E-state index < -0.39 is 0 Å². The molecule has 116 valence electrons. The van der Waals surface area contributed by atoms with E-state index >= 15 is 0 Å². The SMILES string of the molecule is CCCNC(=O)CN1CCN(C(CCC)C(N)=S)CC1. The summed E-state index contributed by atoms with van der Waals surface area (Å²) in [6, 6.07) is 0.214. The Kier molecular flexibility index (Phi) is 8.02. The molecule has 0 bridgehead atoms. The molecule has 1 aliphatic heterocycles. The van der Waals surface area contributed by atoms with Crippen LogP contribution in [0.3, 0.4) is 0 Å². The molecule has 0 saturated carbocycles. The molecule has 6 heteroatoms. The molecule has 0 spiro atoms. The molecular weight excluding hydrogens is 272 g/mol. The van der Waals surface area contributed by atoms with Crippen LogP contribution in [0, 0.1) is 0 Å². The van der Waals surface area contributed by atoms with Crippen molar-refractivity contribution in [2.24, 2.45) is 5.73 Å². The van der Waals surface area contributed by atoms with E-state index in [9.17, 15) is 4.79 Å². The number of nitrogens with one attached hydrogen (secondary N) is 1. The number of hydrogen-bond donors (Lipinski definition) is 2. The Bertz CT molecular complexity index is 316. The second kappa shape index (κ2) is 9.26. The van der Waals surface area contributed by atoms with Gasteiger partial charge in [0.1, 0.15) is 0 Å². The first-order valence-electron chi connectivity index (χ1n) is 7.60. The van der Waals surface area contributed by atoms with Gasteiger partial charge in [-0.05, 0) is 12.8 Å². The molecule has 1 unspecified atom stereocenters. The van der Waals surface area contributed by atoms with Crippen LogP contribution in [0.25, 0.3) is 0 Å². The standard InChI is InChI=1S/C14H28N4OS/c1-3-5-12(14(15)20)18-9-7-17(8-10-18)11-13(19)16-6-4-2/h12H,3-11H2,1-2H3,(H2,15,20)(H,16,19). The molecule has 1 aliphatic rings. The topological polar surface area (TPSA) is 61.6 Å². The number of hydrogen-bond acceptors (Lipinski definition) is 4. The van der Waals surface area contributed by atoms with E-state index in [1.807, 2.05) is 0 Å². The normalized spacial score (nSPS) is 18.7. The molecule has 0 aliphatic carbocycles. The number of nitrogens with two attached hydrogens (primary N) is 1. The quantitative estimate of drug-likeness (QED) is 0.642. The van der Waals surface area contributed by atoms with E-state index in [1.54, 1.807) is 0 Å². The van der Waals surface area contributed by atoms with Crippen LogP contribution in [0.2, 0.25) is 0 Å². The van der Waals surface area contributed by atoms with Gasteiger partial charge in [0.2, 0.25) is 5.91 Å². The number of thiocarbonyl (C=S) groups is 1. The third-order valence-corrected chi connectivity index (χ3v) is 3.95. The zero-order valence-electron chi connectivity index (χ0n) is 12.7. The lowest BCUT2D eigenvalue weighted by Crippen LogP contribution is -2.55. The van der Waals surface area contributed by atoms with Crippen LogP contribution >= 0.6 is 12.2 Å². The number of carbonyl (C=O) groups excluding carboxylic acids is 1. The van der Waals surface area contributed by atoms with E-state index in [4.69, 9.17) is 18.0 Å². The van der Waals surface area contributed by atoms with Crippen molar-refractivity contribution in [3.05, 3.63) is 0 Å². The average molecular weight is 300 g/mol. The summed E-state index contributed by atoms with van der Waals surface area (Å²) in [4.78, 5) is 16.8. The molecule has 0 aromatic carbocycles. The van der Waals surface area contributed by atoms with Gasteiger partial charge in [0, 0.05) is 32.7 Å². The van der Waals surface area contributed by atoms with Crippen LogP contribution < -0.4 is 11.1 Å². The average Bonchev–Trinajstić information content (AvgIpc) is 2.43. The first-order chi connectivity index (χ1) is 9.58. The smallest absolute Gasteiger partial charge is 0.234 e. The summed E-state index contributed by atoms with van der Waals surface area (Å²) in [6.45, 7) is 9.15. The summed E-state index contributed by atoms with van der Waals surface area (Å²) < 4.78 is 0. The third-order valence-electron chi connectivity index (χ3n) is 3.68. The molecule has 0 aromatic rings. The van der Waals surface area contributed by atoms with Crippen molar-refractivity contribution in [3.63, 3.8) is 0 Å². The highest BCUT2D eigenvalue weighted by molar-refractivity contribution is 7.80. The largest absolute Gasteiger partial charge is 0.392 e. The van der Waals surface area contributed by atoms with Crippen LogP contribution in [0.5, 0.6) is 0 Å². The molecule has 0 radical (unpaired) electrons. The number of amides is 1. The molecule has 3 N–H and O–H groups in total. The summed E-state index contributed by atoms with van der Waals surface area (Å²) in [5, 5.41) is 2.92. The van der Waals surface area contributed by atoms with E-state index in [-0.39, 0.29) is 11.9 Å². The van der Waals surface area contributed by atoms with Crippen molar-refractivity contribution in [2.45, 2.75) is 39.2 Å². The van der Waals surface area contributed by atoms with Crippen LogP contribution in [0.4, 0.5) is 0 Å². The van der Waals surface area contributed by atoms with Gasteiger partial charge < -0.3 is 11.1 Å². The van der Waals surface area contributed by atoms with E-state index in [1.165, 1.54) is 0 Å².